The first-order valence-electron chi connectivity index (χ1n) is 8.30. The van der Waals surface area contributed by atoms with Gasteiger partial charge in [-0.15, -0.1) is 0 Å². The summed E-state index contributed by atoms with van der Waals surface area (Å²) in [6.07, 6.45) is 1.59. The van der Waals surface area contributed by atoms with Gasteiger partial charge in [0.2, 0.25) is 10.0 Å². The van der Waals surface area contributed by atoms with Gasteiger partial charge >= 0.3 is 0 Å². The Balaban J connectivity index is 2.01. The lowest BCUT2D eigenvalue weighted by molar-refractivity contribution is 0.355. The van der Waals surface area contributed by atoms with E-state index in [1.54, 1.807) is 33.5 Å². The van der Waals surface area contributed by atoms with E-state index in [-0.39, 0.29) is 0 Å². The van der Waals surface area contributed by atoms with Gasteiger partial charge in [0.15, 0.2) is 11.5 Å². The van der Waals surface area contributed by atoms with E-state index >= 15 is 0 Å². The molecule has 1 aliphatic heterocycles. The van der Waals surface area contributed by atoms with Crippen LogP contribution in [-0.2, 0) is 10.0 Å². The number of rotatable bonds is 6. The molecule has 1 aliphatic rings. The first kappa shape index (κ1) is 19.0. The number of benzene rings is 2. The molecular formula is C19H22N2O5S. The highest BCUT2D eigenvalue weighted by Gasteiger charge is 2.34. The maximum atomic E-state index is 12.3. The van der Waals surface area contributed by atoms with Crippen LogP contribution in [0.2, 0.25) is 0 Å². The monoisotopic (exact) mass is 390 g/mol. The fraction of sp³-hybridized carbons (Fsp3) is 0.316. The first-order chi connectivity index (χ1) is 12.9. The molecule has 0 amide bonds. The summed E-state index contributed by atoms with van der Waals surface area (Å²) in [5.74, 6) is 1.83. The van der Waals surface area contributed by atoms with Crippen LogP contribution in [0.5, 0.6) is 17.2 Å². The molecule has 0 aromatic heterocycles. The van der Waals surface area contributed by atoms with Gasteiger partial charge in [0, 0.05) is 12.0 Å². The van der Waals surface area contributed by atoms with Crippen molar-refractivity contribution in [1.82, 2.24) is 4.41 Å². The summed E-state index contributed by atoms with van der Waals surface area (Å²) in [5, 5.41) is 4.40. The molecule has 7 nitrogen and oxygen atoms in total. The molecule has 2 aromatic carbocycles. The highest BCUT2D eigenvalue weighted by Crippen LogP contribution is 2.37. The smallest absolute Gasteiger partial charge is 0.247 e. The van der Waals surface area contributed by atoms with E-state index in [0.29, 0.717) is 29.4 Å². The fourth-order valence-electron chi connectivity index (χ4n) is 3.08. The Morgan fingerprint density at radius 2 is 1.74 bits per heavy atom. The molecule has 0 radical (unpaired) electrons. The molecule has 0 aliphatic carbocycles. The molecule has 1 atom stereocenters. The van der Waals surface area contributed by atoms with Crippen molar-refractivity contribution in [3.05, 3.63) is 53.6 Å². The van der Waals surface area contributed by atoms with Crippen LogP contribution in [0.25, 0.3) is 0 Å². The third-order valence-electron chi connectivity index (χ3n) is 4.41. The van der Waals surface area contributed by atoms with E-state index in [2.05, 4.69) is 5.10 Å². The van der Waals surface area contributed by atoms with E-state index in [4.69, 9.17) is 14.2 Å². The van der Waals surface area contributed by atoms with Crippen molar-refractivity contribution in [3.63, 3.8) is 0 Å². The van der Waals surface area contributed by atoms with Crippen LogP contribution < -0.4 is 14.2 Å². The molecule has 0 saturated heterocycles. The molecule has 0 bridgehead atoms. The standard InChI is InChI=1S/C19H22N2O5S/c1-24-15-7-5-6-14(10-15)17-12-16(20-21(17)27(4,22)23)13-8-9-18(25-2)19(11-13)26-3/h5-11,17H,12H2,1-4H3. The molecule has 1 unspecified atom stereocenters. The van der Waals surface area contributed by atoms with Crippen molar-refractivity contribution in [2.45, 2.75) is 12.5 Å². The van der Waals surface area contributed by atoms with Crippen molar-refractivity contribution in [2.75, 3.05) is 27.6 Å². The SMILES string of the molecule is COc1cccc(C2CC(c3ccc(OC)c(OC)c3)=NN2S(C)(=O)=O)c1. The maximum absolute atomic E-state index is 12.3. The van der Waals surface area contributed by atoms with Crippen LogP contribution in [0.4, 0.5) is 0 Å². The van der Waals surface area contributed by atoms with Crippen molar-refractivity contribution in [2.24, 2.45) is 5.10 Å². The molecule has 0 spiro atoms. The first-order valence-corrected chi connectivity index (χ1v) is 10.2. The largest absolute Gasteiger partial charge is 0.497 e. The van der Waals surface area contributed by atoms with Gasteiger partial charge in [-0.3, -0.25) is 0 Å². The molecule has 3 rings (SSSR count). The Hall–Kier alpha value is -2.74. The highest BCUT2D eigenvalue weighted by molar-refractivity contribution is 7.88. The quantitative estimate of drug-likeness (QED) is 0.758. The van der Waals surface area contributed by atoms with E-state index in [9.17, 15) is 8.42 Å². The number of sulfonamides is 1. The zero-order chi connectivity index (χ0) is 19.6. The van der Waals surface area contributed by atoms with Crippen LogP contribution >= 0.6 is 0 Å². The second-order valence-electron chi connectivity index (χ2n) is 6.15. The second-order valence-corrected chi connectivity index (χ2v) is 7.99. The minimum absolute atomic E-state index is 0.432. The van der Waals surface area contributed by atoms with E-state index in [0.717, 1.165) is 21.8 Å². The molecular weight excluding hydrogens is 368 g/mol. The average Bonchev–Trinajstić information content (AvgIpc) is 3.13. The Kier molecular flexibility index (Phi) is 5.27. The fourth-order valence-corrected chi connectivity index (χ4v) is 3.99. The molecule has 2 aromatic rings. The number of hydrogen-bond donors (Lipinski definition) is 0. The van der Waals surface area contributed by atoms with Gasteiger partial charge in [-0.2, -0.15) is 9.52 Å². The molecule has 0 fully saturated rings. The Morgan fingerprint density at radius 3 is 2.37 bits per heavy atom. The van der Waals surface area contributed by atoms with Crippen molar-refractivity contribution >= 4 is 15.7 Å². The van der Waals surface area contributed by atoms with E-state index in [1.165, 1.54) is 0 Å². The van der Waals surface area contributed by atoms with Gasteiger partial charge in [0.1, 0.15) is 5.75 Å². The number of hydrazone groups is 1. The molecule has 0 saturated carbocycles. The summed E-state index contributed by atoms with van der Waals surface area (Å²) in [6.45, 7) is 0. The van der Waals surface area contributed by atoms with E-state index < -0.39 is 16.1 Å². The lowest BCUT2D eigenvalue weighted by Crippen LogP contribution is -2.25. The lowest BCUT2D eigenvalue weighted by Gasteiger charge is -2.21. The predicted molar refractivity (Wildman–Crippen MR) is 103 cm³/mol. The average molecular weight is 390 g/mol. The highest BCUT2D eigenvalue weighted by atomic mass is 32.2. The molecule has 144 valence electrons. The van der Waals surface area contributed by atoms with E-state index in [1.807, 2.05) is 30.3 Å². The summed E-state index contributed by atoms with van der Waals surface area (Å²) in [4.78, 5) is 0. The molecule has 8 heteroatoms. The van der Waals surface area contributed by atoms with Gasteiger partial charge < -0.3 is 14.2 Å². The van der Waals surface area contributed by atoms with Gasteiger partial charge in [0.05, 0.1) is 39.3 Å². The second kappa shape index (κ2) is 7.48. The van der Waals surface area contributed by atoms with Crippen LogP contribution in [0.1, 0.15) is 23.6 Å². The van der Waals surface area contributed by atoms with Crippen LogP contribution in [0, 0.1) is 0 Å². The summed E-state index contributed by atoms with van der Waals surface area (Å²) >= 11 is 0. The number of methoxy groups -OCH3 is 3. The number of nitrogens with zero attached hydrogens (tertiary/aromatic N) is 2. The van der Waals surface area contributed by atoms with Crippen LogP contribution in [0.3, 0.4) is 0 Å². The van der Waals surface area contributed by atoms with Crippen molar-refractivity contribution in [1.29, 1.82) is 0 Å². The zero-order valence-corrected chi connectivity index (χ0v) is 16.5. The van der Waals surface area contributed by atoms with Gasteiger partial charge in [-0.25, -0.2) is 8.42 Å². The third-order valence-corrected chi connectivity index (χ3v) is 5.42. The minimum Gasteiger partial charge on any atom is -0.497 e. The van der Waals surface area contributed by atoms with Crippen molar-refractivity contribution in [3.8, 4) is 17.2 Å². The van der Waals surface area contributed by atoms with Gasteiger partial charge in [0.25, 0.3) is 0 Å². The molecule has 0 N–H and O–H groups in total. The predicted octanol–water partition coefficient (Wildman–Crippen LogP) is 2.82. The minimum atomic E-state index is -3.54. The third kappa shape index (κ3) is 3.85. The summed E-state index contributed by atoms with van der Waals surface area (Å²) in [7, 11) is 1.16. The summed E-state index contributed by atoms with van der Waals surface area (Å²) in [5.41, 5.74) is 2.26. The Morgan fingerprint density at radius 1 is 1.00 bits per heavy atom. The number of ether oxygens (including phenoxy) is 3. The van der Waals surface area contributed by atoms with Gasteiger partial charge in [-0.05, 0) is 35.9 Å². The van der Waals surface area contributed by atoms with Crippen molar-refractivity contribution < 1.29 is 22.6 Å². The Bertz CT molecular complexity index is 972. The van der Waals surface area contributed by atoms with Gasteiger partial charge in [-0.1, -0.05) is 12.1 Å². The summed E-state index contributed by atoms with van der Waals surface area (Å²) < 4.78 is 41.7. The number of hydrogen-bond acceptors (Lipinski definition) is 6. The molecule has 27 heavy (non-hydrogen) atoms. The topological polar surface area (TPSA) is 77.4 Å². The molecule has 1 heterocycles. The van der Waals surface area contributed by atoms with Crippen LogP contribution in [0.15, 0.2) is 47.6 Å². The zero-order valence-electron chi connectivity index (χ0n) is 15.7. The maximum Gasteiger partial charge on any atom is 0.247 e. The normalized spacial score (nSPS) is 16.8. The Labute approximate surface area is 159 Å². The van der Waals surface area contributed by atoms with Crippen LogP contribution in [-0.4, -0.2) is 46.1 Å². The lowest BCUT2D eigenvalue weighted by atomic mass is 9.98. The summed E-state index contributed by atoms with van der Waals surface area (Å²) in [6, 6.07) is 12.3.